The Morgan fingerprint density at radius 3 is 2.97 bits per heavy atom. The summed E-state index contributed by atoms with van der Waals surface area (Å²) in [6, 6.07) is 9.35. The normalized spacial score (nSPS) is 16.0. The van der Waals surface area contributed by atoms with Crippen LogP contribution in [0.4, 0.5) is 10.5 Å². The van der Waals surface area contributed by atoms with Gasteiger partial charge in [0.25, 0.3) is 0 Å². The Bertz CT molecular complexity index is 806. The Morgan fingerprint density at radius 2 is 2.24 bits per heavy atom. The van der Waals surface area contributed by atoms with E-state index in [9.17, 15) is 4.79 Å². The van der Waals surface area contributed by atoms with Gasteiger partial charge in [-0.05, 0) is 36.2 Å². The third-order valence-corrected chi connectivity index (χ3v) is 5.18. The highest BCUT2D eigenvalue weighted by molar-refractivity contribution is 6.30. The van der Waals surface area contributed by atoms with Crippen LogP contribution in [0.3, 0.4) is 0 Å². The number of hydrogen-bond donors (Lipinski definition) is 1. The number of aromatic nitrogens is 1. The largest absolute Gasteiger partial charge is 0.495 e. The Kier molecular flexibility index (Phi) is 7.55. The van der Waals surface area contributed by atoms with E-state index in [0.29, 0.717) is 31.3 Å². The van der Waals surface area contributed by atoms with Gasteiger partial charge >= 0.3 is 6.03 Å². The molecule has 2 aromatic rings. The molecular formula is C21H27ClN4O3. The van der Waals surface area contributed by atoms with E-state index in [-0.39, 0.29) is 12.1 Å². The van der Waals surface area contributed by atoms with Crippen LogP contribution in [0, 0.1) is 0 Å². The average Bonchev–Trinajstić information content (AvgIpc) is 3.20. The van der Waals surface area contributed by atoms with Gasteiger partial charge in [0.2, 0.25) is 0 Å². The lowest BCUT2D eigenvalue weighted by molar-refractivity contribution is 0.145. The van der Waals surface area contributed by atoms with Gasteiger partial charge in [0.1, 0.15) is 5.75 Å². The first-order valence-corrected chi connectivity index (χ1v) is 10.00. The summed E-state index contributed by atoms with van der Waals surface area (Å²) in [5, 5.41) is 3.82. The highest BCUT2D eigenvalue weighted by Crippen LogP contribution is 2.33. The predicted molar refractivity (Wildman–Crippen MR) is 114 cm³/mol. The Labute approximate surface area is 176 Å². The summed E-state index contributed by atoms with van der Waals surface area (Å²) >= 11 is 6.16. The molecule has 1 aromatic carbocycles. The lowest BCUT2D eigenvalue weighted by atomic mass is 10.2. The molecule has 0 saturated carbocycles. The van der Waals surface area contributed by atoms with Crippen molar-refractivity contribution in [2.75, 3.05) is 45.4 Å². The maximum atomic E-state index is 12.9. The molecule has 2 heterocycles. The van der Waals surface area contributed by atoms with Gasteiger partial charge in [-0.25, -0.2) is 4.79 Å². The number of pyridine rings is 1. The number of nitrogens with one attached hydrogen (secondary N) is 1. The van der Waals surface area contributed by atoms with Crippen molar-refractivity contribution >= 4 is 23.3 Å². The number of nitrogens with zero attached hydrogens (tertiary/aromatic N) is 3. The molecule has 1 aliphatic rings. The predicted octanol–water partition coefficient (Wildman–Crippen LogP) is 3.18. The maximum absolute atomic E-state index is 12.9. The molecule has 1 unspecified atom stereocenters. The van der Waals surface area contributed by atoms with E-state index in [1.807, 2.05) is 30.3 Å². The summed E-state index contributed by atoms with van der Waals surface area (Å²) in [7, 11) is 3.28. The molecule has 2 amide bonds. The van der Waals surface area contributed by atoms with E-state index < -0.39 is 0 Å². The van der Waals surface area contributed by atoms with Crippen LogP contribution < -0.4 is 15.0 Å². The minimum absolute atomic E-state index is 0.0464. The van der Waals surface area contributed by atoms with Crippen LogP contribution in [-0.4, -0.2) is 62.4 Å². The molecule has 1 fully saturated rings. The molecule has 0 radical (unpaired) electrons. The zero-order valence-corrected chi connectivity index (χ0v) is 17.6. The van der Waals surface area contributed by atoms with Gasteiger partial charge in [-0.1, -0.05) is 17.7 Å². The molecule has 1 atom stereocenters. The number of amides is 2. The molecule has 0 aliphatic carbocycles. The third-order valence-electron chi connectivity index (χ3n) is 4.95. The first-order chi connectivity index (χ1) is 14.1. The van der Waals surface area contributed by atoms with Crippen molar-refractivity contribution in [3.63, 3.8) is 0 Å². The molecule has 29 heavy (non-hydrogen) atoms. The monoisotopic (exact) mass is 418 g/mol. The molecule has 1 saturated heterocycles. The SMILES string of the molecule is COCCN(Cc1cccnc1)C(=O)NC1CCN(c2cc(Cl)ccc2OC)C1. The molecule has 7 nitrogen and oxygen atoms in total. The van der Waals surface area contributed by atoms with Gasteiger partial charge in [0.05, 0.1) is 19.4 Å². The van der Waals surface area contributed by atoms with E-state index >= 15 is 0 Å². The Morgan fingerprint density at radius 1 is 1.38 bits per heavy atom. The number of hydrogen-bond acceptors (Lipinski definition) is 5. The first kappa shape index (κ1) is 21.2. The van der Waals surface area contributed by atoms with Crippen LogP contribution in [0.25, 0.3) is 0 Å². The van der Waals surface area contributed by atoms with Crippen LogP contribution in [0.15, 0.2) is 42.7 Å². The van der Waals surface area contributed by atoms with Crippen LogP contribution in [-0.2, 0) is 11.3 Å². The van der Waals surface area contributed by atoms with E-state index in [1.54, 1.807) is 31.5 Å². The number of rotatable bonds is 8. The van der Waals surface area contributed by atoms with Crippen LogP contribution in [0.1, 0.15) is 12.0 Å². The number of ether oxygens (including phenoxy) is 2. The number of urea groups is 1. The van der Waals surface area contributed by atoms with Crippen molar-refractivity contribution in [1.29, 1.82) is 0 Å². The summed E-state index contributed by atoms with van der Waals surface area (Å²) in [5.74, 6) is 0.777. The quantitative estimate of drug-likeness (QED) is 0.713. The van der Waals surface area contributed by atoms with Gasteiger partial charge in [0.15, 0.2) is 0 Å². The number of methoxy groups -OCH3 is 2. The standard InChI is InChI=1S/C21H27ClN4O3/c1-28-11-10-26(14-16-4-3-8-23-13-16)21(27)24-18-7-9-25(15-18)19-12-17(22)5-6-20(19)29-2/h3-6,8,12-13,18H,7,9-11,14-15H2,1-2H3,(H,24,27). The van der Waals surface area contributed by atoms with Crippen molar-refractivity contribution in [1.82, 2.24) is 15.2 Å². The molecule has 8 heteroatoms. The topological polar surface area (TPSA) is 66.9 Å². The zero-order chi connectivity index (χ0) is 20.6. The number of halogens is 1. The van der Waals surface area contributed by atoms with Gasteiger partial charge in [-0.3, -0.25) is 4.98 Å². The fourth-order valence-electron chi connectivity index (χ4n) is 3.44. The number of anilines is 1. The van der Waals surface area contributed by atoms with Gasteiger partial charge < -0.3 is 24.6 Å². The highest BCUT2D eigenvalue weighted by Gasteiger charge is 2.27. The van der Waals surface area contributed by atoms with Gasteiger partial charge in [-0.15, -0.1) is 0 Å². The van der Waals surface area contributed by atoms with E-state index in [1.165, 1.54) is 0 Å². The second-order valence-electron chi connectivity index (χ2n) is 6.97. The second-order valence-corrected chi connectivity index (χ2v) is 7.41. The molecule has 0 bridgehead atoms. The molecule has 0 spiro atoms. The molecule has 1 aromatic heterocycles. The van der Waals surface area contributed by atoms with Crippen LogP contribution >= 0.6 is 11.6 Å². The molecule has 1 N–H and O–H groups in total. The summed E-state index contributed by atoms with van der Waals surface area (Å²) in [4.78, 5) is 21.0. The zero-order valence-electron chi connectivity index (χ0n) is 16.8. The smallest absolute Gasteiger partial charge is 0.318 e. The maximum Gasteiger partial charge on any atom is 0.318 e. The van der Waals surface area contributed by atoms with Crippen molar-refractivity contribution in [2.24, 2.45) is 0 Å². The lowest BCUT2D eigenvalue weighted by Crippen LogP contribution is -2.46. The van der Waals surface area contributed by atoms with E-state index in [4.69, 9.17) is 21.1 Å². The van der Waals surface area contributed by atoms with E-state index in [2.05, 4.69) is 15.2 Å². The third kappa shape index (κ3) is 5.74. The minimum atomic E-state index is -0.101. The van der Waals surface area contributed by atoms with Crippen molar-refractivity contribution in [3.8, 4) is 5.75 Å². The molecular weight excluding hydrogens is 392 g/mol. The minimum Gasteiger partial charge on any atom is -0.495 e. The van der Waals surface area contributed by atoms with Gasteiger partial charge in [-0.2, -0.15) is 0 Å². The number of carbonyl (C=O) groups excluding carboxylic acids is 1. The van der Waals surface area contributed by atoms with Crippen LogP contribution in [0.2, 0.25) is 5.02 Å². The molecule has 3 rings (SSSR count). The van der Waals surface area contributed by atoms with Crippen molar-refractivity contribution in [3.05, 3.63) is 53.3 Å². The highest BCUT2D eigenvalue weighted by atomic mass is 35.5. The second kappa shape index (κ2) is 10.3. The van der Waals surface area contributed by atoms with Crippen molar-refractivity contribution in [2.45, 2.75) is 19.0 Å². The lowest BCUT2D eigenvalue weighted by Gasteiger charge is -2.25. The first-order valence-electron chi connectivity index (χ1n) is 9.62. The van der Waals surface area contributed by atoms with Crippen molar-refractivity contribution < 1.29 is 14.3 Å². The number of carbonyl (C=O) groups is 1. The number of benzene rings is 1. The van der Waals surface area contributed by atoms with Crippen LogP contribution in [0.5, 0.6) is 5.75 Å². The summed E-state index contributed by atoms with van der Waals surface area (Å²) in [6.45, 7) is 3.00. The molecule has 156 valence electrons. The van der Waals surface area contributed by atoms with E-state index in [0.717, 1.165) is 30.0 Å². The molecule has 1 aliphatic heterocycles. The average molecular weight is 419 g/mol. The van der Waals surface area contributed by atoms with Gasteiger partial charge in [0, 0.05) is 56.7 Å². The Hall–Kier alpha value is -2.51. The summed E-state index contributed by atoms with van der Waals surface area (Å²) < 4.78 is 10.6. The summed E-state index contributed by atoms with van der Waals surface area (Å²) in [6.07, 6.45) is 4.35. The fraction of sp³-hybridized carbons (Fsp3) is 0.429. The summed E-state index contributed by atoms with van der Waals surface area (Å²) in [5.41, 5.74) is 1.93. The Balaban J connectivity index is 1.62. The fourth-order valence-corrected chi connectivity index (χ4v) is 3.61.